The predicted octanol–water partition coefficient (Wildman–Crippen LogP) is 4.15. The third kappa shape index (κ3) is 3.29. The quantitative estimate of drug-likeness (QED) is 0.810. The summed E-state index contributed by atoms with van der Waals surface area (Å²) in [5.74, 6) is -1.94. The minimum Gasteiger partial charge on any atom is -0.496 e. The highest BCUT2D eigenvalue weighted by atomic mass is 16.6. The molecule has 1 heterocycles. The lowest BCUT2D eigenvalue weighted by Crippen LogP contribution is -2.58. The van der Waals surface area contributed by atoms with Crippen LogP contribution in [0.4, 0.5) is 0 Å². The molecule has 4 rings (SSSR count). The maximum Gasteiger partial charge on any atom is 0.218 e. The topological polar surface area (TPSA) is 72.8 Å². The smallest absolute Gasteiger partial charge is 0.218 e. The van der Waals surface area contributed by atoms with Gasteiger partial charge in [-0.3, -0.25) is 9.59 Å². The number of hydrogen-bond acceptors (Lipinski definition) is 5. The van der Waals surface area contributed by atoms with Crippen molar-refractivity contribution in [2.75, 3.05) is 7.11 Å². The first-order chi connectivity index (χ1) is 13.5. The number of para-hydroxylation sites is 1. The van der Waals surface area contributed by atoms with Gasteiger partial charge in [-0.05, 0) is 16.9 Å². The number of ketones is 2. The molecule has 0 amide bonds. The number of fused-ring (bicyclic) bond motifs is 1. The van der Waals surface area contributed by atoms with Crippen molar-refractivity contribution < 1.29 is 24.2 Å². The van der Waals surface area contributed by atoms with Crippen LogP contribution >= 0.6 is 0 Å². The van der Waals surface area contributed by atoms with Gasteiger partial charge in [0.05, 0.1) is 13.0 Å². The van der Waals surface area contributed by atoms with Crippen LogP contribution in [0.2, 0.25) is 0 Å². The molecule has 0 spiro atoms. The second-order valence-corrected chi connectivity index (χ2v) is 10.4. The average molecular weight is 398 g/mol. The summed E-state index contributed by atoms with van der Waals surface area (Å²) in [7, 11) is 1.58. The van der Waals surface area contributed by atoms with E-state index in [2.05, 4.69) is 0 Å². The Balaban J connectivity index is 1.96. The normalized spacial score (nSPS) is 32.9. The third-order valence-electron chi connectivity index (χ3n) is 6.51. The van der Waals surface area contributed by atoms with E-state index in [9.17, 15) is 14.7 Å². The van der Waals surface area contributed by atoms with Crippen molar-refractivity contribution in [3.05, 3.63) is 41.2 Å². The summed E-state index contributed by atoms with van der Waals surface area (Å²) in [6.45, 7) is 8.01. The molecule has 2 aliphatic carbocycles. The van der Waals surface area contributed by atoms with E-state index in [-0.39, 0.29) is 22.4 Å². The molecule has 1 fully saturated rings. The summed E-state index contributed by atoms with van der Waals surface area (Å²) in [4.78, 5) is 26.6. The van der Waals surface area contributed by atoms with E-state index in [1.54, 1.807) is 7.11 Å². The number of aliphatic hydroxyl groups is 1. The number of ether oxygens (including phenoxy) is 2. The third-order valence-corrected chi connectivity index (χ3v) is 6.51. The van der Waals surface area contributed by atoms with Gasteiger partial charge in [-0.1, -0.05) is 45.9 Å². The van der Waals surface area contributed by atoms with Crippen molar-refractivity contribution in [3.63, 3.8) is 0 Å². The summed E-state index contributed by atoms with van der Waals surface area (Å²) < 4.78 is 11.7. The molecule has 0 unspecified atom stereocenters. The number of carbonyl (C=O) groups is 2. The molecular weight excluding hydrogens is 368 g/mol. The summed E-state index contributed by atoms with van der Waals surface area (Å²) in [6, 6.07) is 7.46. The molecule has 0 radical (unpaired) electrons. The number of benzene rings is 1. The van der Waals surface area contributed by atoms with E-state index < -0.39 is 17.6 Å². The number of methoxy groups -OCH3 is 1. The number of rotatable bonds is 2. The van der Waals surface area contributed by atoms with Crippen molar-refractivity contribution in [1.29, 1.82) is 0 Å². The molecule has 1 saturated carbocycles. The van der Waals surface area contributed by atoms with Gasteiger partial charge in [-0.15, -0.1) is 0 Å². The summed E-state index contributed by atoms with van der Waals surface area (Å²) in [6.07, 6.45) is 1.64. The molecule has 1 aliphatic heterocycles. The Labute approximate surface area is 172 Å². The van der Waals surface area contributed by atoms with Gasteiger partial charge in [-0.25, -0.2) is 0 Å². The second kappa shape index (κ2) is 6.43. The van der Waals surface area contributed by atoms with Crippen molar-refractivity contribution in [2.24, 2.45) is 16.7 Å². The summed E-state index contributed by atoms with van der Waals surface area (Å²) in [5.41, 5.74) is 0.672. The maximum atomic E-state index is 13.3. The molecule has 5 nitrogen and oxygen atoms in total. The highest BCUT2D eigenvalue weighted by Gasteiger charge is 2.61. The van der Waals surface area contributed by atoms with Crippen LogP contribution in [0, 0.1) is 16.7 Å². The molecule has 3 atom stereocenters. The van der Waals surface area contributed by atoms with Gasteiger partial charge in [0.15, 0.2) is 5.78 Å². The fourth-order valence-electron chi connectivity index (χ4n) is 5.59. The zero-order valence-electron chi connectivity index (χ0n) is 17.9. The molecule has 0 aromatic heterocycles. The van der Waals surface area contributed by atoms with Gasteiger partial charge in [0.2, 0.25) is 5.79 Å². The molecular formula is C24H30O5. The summed E-state index contributed by atoms with van der Waals surface area (Å²) in [5, 5.41) is 11.7. The van der Waals surface area contributed by atoms with Gasteiger partial charge in [0, 0.05) is 42.7 Å². The fourth-order valence-corrected chi connectivity index (χ4v) is 5.59. The second-order valence-electron chi connectivity index (χ2n) is 10.4. The van der Waals surface area contributed by atoms with Gasteiger partial charge >= 0.3 is 0 Å². The van der Waals surface area contributed by atoms with Crippen LogP contribution in [-0.4, -0.2) is 29.6 Å². The minimum atomic E-state index is -1.63. The van der Waals surface area contributed by atoms with Crippen LogP contribution in [-0.2, 0) is 14.3 Å². The first-order valence-corrected chi connectivity index (χ1v) is 10.3. The molecule has 0 saturated heterocycles. The molecule has 3 aliphatic rings. The van der Waals surface area contributed by atoms with E-state index >= 15 is 0 Å². The van der Waals surface area contributed by atoms with Crippen LogP contribution in [0.5, 0.6) is 5.75 Å². The fraction of sp³-hybridized carbons (Fsp3) is 0.583. The van der Waals surface area contributed by atoms with Gasteiger partial charge in [0.25, 0.3) is 0 Å². The first-order valence-electron chi connectivity index (χ1n) is 10.3. The van der Waals surface area contributed by atoms with E-state index in [0.717, 1.165) is 5.56 Å². The highest BCUT2D eigenvalue weighted by molar-refractivity contribution is 6.01. The molecule has 1 N–H and O–H groups in total. The van der Waals surface area contributed by atoms with Crippen molar-refractivity contribution >= 4 is 11.6 Å². The molecule has 0 bridgehead atoms. The largest absolute Gasteiger partial charge is 0.496 e. The Morgan fingerprint density at radius 1 is 1.03 bits per heavy atom. The van der Waals surface area contributed by atoms with Crippen LogP contribution in [0.15, 0.2) is 35.6 Å². The van der Waals surface area contributed by atoms with Crippen LogP contribution in [0.25, 0.3) is 0 Å². The lowest BCUT2D eigenvalue weighted by atomic mass is 9.59. The van der Waals surface area contributed by atoms with E-state index in [0.29, 0.717) is 42.8 Å². The van der Waals surface area contributed by atoms with Crippen molar-refractivity contribution in [3.8, 4) is 5.75 Å². The molecule has 29 heavy (non-hydrogen) atoms. The van der Waals surface area contributed by atoms with Crippen molar-refractivity contribution in [1.82, 2.24) is 0 Å². The Morgan fingerprint density at radius 2 is 1.72 bits per heavy atom. The lowest BCUT2D eigenvalue weighted by molar-refractivity contribution is -0.253. The number of hydrogen-bond donors (Lipinski definition) is 1. The standard InChI is InChI=1S/C24H30O5/c1-22(2)10-15(25)20-18(12-22)29-24(27)13-23(3,4)11-16(26)21(24)19(20)14-8-6-7-9-17(14)28-5/h6-9,19,21,27H,10-13H2,1-5H3/t19-,21+,24+/m0/s1. The Morgan fingerprint density at radius 3 is 2.41 bits per heavy atom. The van der Waals surface area contributed by atoms with Crippen LogP contribution < -0.4 is 4.74 Å². The minimum absolute atomic E-state index is 0.00756. The number of carbonyl (C=O) groups excluding carboxylic acids is 2. The number of allylic oxidation sites excluding steroid dienone is 2. The highest BCUT2D eigenvalue weighted by Crippen LogP contribution is 2.58. The van der Waals surface area contributed by atoms with Gasteiger partial charge in [0.1, 0.15) is 17.3 Å². The van der Waals surface area contributed by atoms with Crippen LogP contribution in [0.3, 0.4) is 0 Å². The predicted molar refractivity (Wildman–Crippen MR) is 108 cm³/mol. The van der Waals surface area contributed by atoms with E-state index in [4.69, 9.17) is 9.47 Å². The lowest BCUT2D eigenvalue weighted by Gasteiger charge is -2.53. The zero-order valence-corrected chi connectivity index (χ0v) is 17.9. The molecule has 5 heteroatoms. The molecule has 1 aromatic rings. The Kier molecular flexibility index (Phi) is 4.47. The van der Waals surface area contributed by atoms with E-state index in [1.807, 2.05) is 52.0 Å². The zero-order chi connectivity index (χ0) is 21.2. The molecule has 1 aromatic carbocycles. The van der Waals surface area contributed by atoms with Crippen molar-refractivity contribution in [2.45, 2.75) is 65.1 Å². The van der Waals surface area contributed by atoms with Gasteiger partial charge < -0.3 is 14.6 Å². The SMILES string of the molecule is COc1ccccc1[C@H]1C2=C(CC(C)(C)CC2=O)O[C@]2(O)CC(C)(C)CC(=O)[C@H]12. The summed E-state index contributed by atoms with van der Waals surface area (Å²) >= 11 is 0. The average Bonchev–Trinajstić information content (AvgIpc) is 2.56. The maximum absolute atomic E-state index is 13.3. The Bertz CT molecular complexity index is 910. The first kappa shape index (κ1) is 20.1. The monoisotopic (exact) mass is 398 g/mol. The Hall–Kier alpha value is -2.14. The van der Waals surface area contributed by atoms with E-state index in [1.165, 1.54) is 0 Å². The number of Topliss-reactive ketones (excluding diaryl/α,β-unsaturated/α-hetero) is 2. The molecule has 156 valence electrons. The van der Waals surface area contributed by atoms with Gasteiger partial charge in [-0.2, -0.15) is 0 Å². The van der Waals surface area contributed by atoms with Crippen LogP contribution in [0.1, 0.15) is 64.9 Å².